The summed E-state index contributed by atoms with van der Waals surface area (Å²) in [6, 6.07) is 0. The molecule has 13 rings (SSSR count). The maximum atomic E-state index is 12.9. The predicted octanol–water partition coefficient (Wildman–Crippen LogP) is 5.44. The number of ether oxygens (including phenoxy) is 4. The molecule has 22 atom stereocenters. The van der Waals surface area contributed by atoms with Crippen LogP contribution in [0.1, 0.15) is 143 Å². The second kappa shape index (κ2) is 13.0. The summed E-state index contributed by atoms with van der Waals surface area (Å²) in [6.45, 7) is 18.7. The van der Waals surface area contributed by atoms with Gasteiger partial charge < -0.3 is 49.6 Å². The summed E-state index contributed by atoms with van der Waals surface area (Å²) in [7, 11) is 0. The third-order valence-electron chi connectivity index (χ3n) is 23.4. The Bertz CT molecular complexity index is 2370. The van der Waals surface area contributed by atoms with Gasteiger partial charge in [-0.05, 0) is 138 Å². The third kappa shape index (κ3) is 4.84. The minimum absolute atomic E-state index is 0.0700. The predicted molar refractivity (Wildman–Crippen MR) is 241 cm³/mol. The highest BCUT2D eigenvalue weighted by Crippen LogP contribution is 2.73. The van der Waals surface area contributed by atoms with Gasteiger partial charge in [-0.15, -0.1) is 0 Å². The molecule has 8 aliphatic carbocycles. The first-order chi connectivity index (χ1) is 30.9. The van der Waals surface area contributed by atoms with Crippen molar-refractivity contribution in [1.82, 2.24) is 9.97 Å². The minimum atomic E-state index is -1.49. The number of rotatable bonds is 1. The molecule has 12 aliphatic rings. The number of hydrogen-bond donors (Lipinski definition) is 6. The molecule has 9 unspecified atom stereocenters. The molecule has 4 saturated heterocycles. The Balaban J connectivity index is 0.773. The summed E-state index contributed by atoms with van der Waals surface area (Å²) in [5.74, 6) is -1.58. The molecule has 4 aliphatic heterocycles. The van der Waals surface area contributed by atoms with E-state index in [1.807, 2.05) is 13.8 Å². The SMILES string of the molecule is CC1[C@@]2(CCC(C)(C)O2)O[C@@H]2C=C3C4CCC5Cc6nc7c(nc6C[C@@]5(C)C4C[C@H](O)[C@@]3(C)[C@]12O)CC1CCC2C3=C[C@H]4O[C@@]5(O[C@@](C)(CO)CC5O)C(C)[C@@]4(O)[C@]3(C)[C@@H](O)CC2[C@]1(C)C7. The van der Waals surface area contributed by atoms with Crippen molar-refractivity contribution in [3.05, 3.63) is 46.1 Å². The van der Waals surface area contributed by atoms with E-state index in [1.165, 1.54) is 5.57 Å². The zero-order valence-electron chi connectivity index (χ0n) is 40.8. The van der Waals surface area contributed by atoms with Crippen molar-refractivity contribution in [1.29, 1.82) is 0 Å². The topological polar surface area (TPSA) is 184 Å². The second-order valence-electron chi connectivity index (χ2n) is 26.4. The Morgan fingerprint density at radius 2 is 1.12 bits per heavy atom. The molecule has 0 radical (unpaired) electrons. The van der Waals surface area contributed by atoms with Gasteiger partial charge in [0.05, 0.1) is 52.8 Å². The normalized spacial score (nSPS) is 58.9. The van der Waals surface area contributed by atoms with E-state index < -0.39 is 75.6 Å². The first-order valence-corrected chi connectivity index (χ1v) is 26.1. The average molecular weight is 913 g/mol. The van der Waals surface area contributed by atoms with Gasteiger partial charge in [-0.25, -0.2) is 0 Å². The quantitative estimate of drug-likeness (QED) is 0.197. The zero-order chi connectivity index (χ0) is 46.5. The lowest BCUT2D eigenvalue weighted by Crippen LogP contribution is -2.65. The van der Waals surface area contributed by atoms with Crippen LogP contribution in [-0.4, -0.2) is 112 Å². The van der Waals surface area contributed by atoms with Gasteiger partial charge in [0, 0.05) is 35.5 Å². The van der Waals surface area contributed by atoms with Crippen LogP contribution >= 0.6 is 0 Å². The van der Waals surface area contributed by atoms with Crippen LogP contribution < -0.4 is 0 Å². The summed E-state index contributed by atoms with van der Waals surface area (Å²) in [5, 5.41) is 72.3. The summed E-state index contributed by atoms with van der Waals surface area (Å²) in [4.78, 5) is 11.2. The molecule has 5 heterocycles. The number of fused-ring (bicyclic) bond motifs is 16. The van der Waals surface area contributed by atoms with E-state index in [0.717, 1.165) is 92.6 Å². The summed E-state index contributed by atoms with van der Waals surface area (Å²) in [5.41, 5.74) is 0.773. The lowest BCUT2D eigenvalue weighted by atomic mass is 9.44. The molecule has 1 aromatic heterocycles. The molecule has 12 heteroatoms. The molecule has 1 aromatic rings. The number of hydrogen-bond acceptors (Lipinski definition) is 12. The Hall–Kier alpha value is -1.84. The van der Waals surface area contributed by atoms with Crippen LogP contribution in [0.2, 0.25) is 0 Å². The van der Waals surface area contributed by atoms with Gasteiger partial charge in [0.2, 0.25) is 5.79 Å². The fourth-order valence-corrected chi connectivity index (χ4v) is 19.4. The van der Waals surface area contributed by atoms with Crippen LogP contribution in [0.5, 0.6) is 0 Å². The molecule has 0 bridgehead atoms. The van der Waals surface area contributed by atoms with Crippen molar-refractivity contribution < 1.29 is 49.6 Å². The summed E-state index contributed by atoms with van der Waals surface area (Å²) < 4.78 is 26.5. The van der Waals surface area contributed by atoms with E-state index in [-0.39, 0.29) is 59.0 Å². The number of nitrogens with zero attached hydrogens (tertiary/aromatic N) is 2. The fourth-order valence-electron chi connectivity index (χ4n) is 19.4. The second-order valence-corrected chi connectivity index (χ2v) is 26.4. The van der Waals surface area contributed by atoms with Gasteiger partial charge in [-0.2, -0.15) is 0 Å². The van der Waals surface area contributed by atoms with Crippen molar-refractivity contribution in [2.24, 2.45) is 69.0 Å². The molecule has 6 N–H and O–H groups in total. The highest BCUT2D eigenvalue weighted by molar-refractivity contribution is 5.45. The molecule has 362 valence electrons. The Morgan fingerprint density at radius 3 is 1.59 bits per heavy atom. The van der Waals surface area contributed by atoms with Gasteiger partial charge in [-0.3, -0.25) is 9.97 Å². The van der Waals surface area contributed by atoms with E-state index in [1.54, 1.807) is 6.92 Å². The molecular formula is C54H76N2O10. The van der Waals surface area contributed by atoms with Crippen LogP contribution in [0.25, 0.3) is 0 Å². The average Bonchev–Trinajstić information content (AvgIpc) is 3.98. The van der Waals surface area contributed by atoms with E-state index >= 15 is 0 Å². The van der Waals surface area contributed by atoms with Crippen molar-refractivity contribution in [2.75, 3.05) is 6.61 Å². The van der Waals surface area contributed by atoms with Gasteiger partial charge >= 0.3 is 0 Å². The lowest BCUT2D eigenvalue weighted by Gasteiger charge is -2.62. The highest BCUT2D eigenvalue weighted by Gasteiger charge is 2.80. The molecule has 12 nitrogen and oxygen atoms in total. The maximum absolute atomic E-state index is 12.9. The van der Waals surface area contributed by atoms with Crippen molar-refractivity contribution in [3.8, 4) is 0 Å². The monoisotopic (exact) mass is 913 g/mol. The van der Waals surface area contributed by atoms with E-state index in [0.29, 0.717) is 24.7 Å². The van der Waals surface area contributed by atoms with Crippen LogP contribution in [-0.2, 0) is 44.6 Å². The van der Waals surface area contributed by atoms with Crippen molar-refractivity contribution in [3.63, 3.8) is 0 Å². The first kappa shape index (κ1) is 44.1. The molecule has 0 amide bonds. The van der Waals surface area contributed by atoms with E-state index in [2.05, 4.69) is 53.7 Å². The maximum Gasteiger partial charge on any atom is 0.201 e. The molecule has 4 saturated carbocycles. The first-order valence-electron chi connectivity index (χ1n) is 26.1. The molecule has 66 heavy (non-hydrogen) atoms. The third-order valence-corrected chi connectivity index (χ3v) is 23.4. The minimum Gasteiger partial charge on any atom is -0.393 e. The number of aromatic nitrogens is 2. The number of aliphatic hydroxyl groups excluding tert-OH is 4. The Morgan fingerprint density at radius 1 is 0.621 bits per heavy atom. The van der Waals surface area contributed by atoms with Gasteiger partial charge in [-0.1, -0.05) is 64.8 Å². The fraction of sp³-hybridized carbons (Fsp3) is 0.852. The zero-order valence-corrected chi connectivity index (χ0v) is 40.8. The van der Waals surface area contributed by atoms with Crippen LogP contribution in [0.4, 0.5) is 0 Å². The molecule has 0 aromatic carbocycles. The van der Waals surface area contributed by atoms with Crippen molar-refractivity contribution in [2.45, 2.75) is 210 Å². The van der Waals surface area contributed by atoms with Gasteiger partial charge in [0.15, 0.2) is 5.79 Å². The lowest BCUT2D eigenvalue weighted by molar-refractivity contribution is -0.280. The van der Waals surface area contributed by atoms with Gasteiger partial charge in [0.1, 0.15) is 29.5 Å². The van der Waals surface area contributed by atoms with Gasteiger partial charge in [0.25, 0.3) is 0 Å². The van der Waals surface area contributed by atoms with Crippen molar-refractivity contribution >= 4 is 0 Å². The Labute approximate surface area is 390 Å². The molecule has 2 spiro atoms. The van der Waals surface area contributed by atoms with Crippen LogP contribution in [0.15, 0.2) is 23.3 Å². The van der Waals surface area contributed by atoms with Crippen LogP contribution in [0.3, 0.4) is 0 Å². The van der Waals surface area contributed by atoms with E-state index in [4.69, 9.17) is 28.9 Å². The molecular weight excluding hydrogens is 837 g/mol. The summed E-state index contributed by atoms with van der Waals surface area (Å²) >= 11 is 0. The number of aliphatic hydroxyl groups is 6. The summed E-state index contributed by atoms with van der Waals surface area (Å²) in [6.07, 6.45) is 11.0. The highest BCUT2D eigenvalue weighted by atomic mass is 16.7. The smallest absolute Gasteiger partial charge is 0.201 e. The van der Waals surface area contributed by atoms with E-state index in [9.17, 15) is 30.6 Å². The van der Waals surface area contributed by atoms with Crippen LogP contribution in [0, 0.1) is 69.0 Å². The standard InChI is InChI=1S/C54H76N2O10/c1-26-51(15-14-45(3,4)65-51)63-43-20-34-30-12-10-28-16-36-38(22-47(28,6)32(30)18-40(58)49(34,8)52(26,43)61)55-37-17-29-11-13-31-33(48(29,7)23-39(37)56-36)19-41(59)50(9)35(31)21-44-53(50,62)27(2)54(64-44)42(60)24-46(5,25-57)66-54/h20-21,26-33,40-44,57-62H,10-19,22-25H2,1-9H3/t26?,27?,28?,29?,30?,31?,32?,33?,40-,41-,42?,43+,44+,46+,47+,48+,49-,50-,51-,52-,53-,54+/m0/s1. The Kier molecular flexibility index (Phi) is 8.67. The largest absolute Gasteiger partial charge is 0.393 e. The molecule has 8 fully saturated rings.